The van der Waals surface area contributed by atoms with Crippen LogP contribution in [0.15, 0.2) is 98.7 Å². The number of hydrazone groups is 1. The zero-order valence-corrected chi connectivity index (χ0v) is 28.8. The molecule has 0 amide bonds. The summed E-state index contributed by atoms with van der Waals surface area (Å²) >= 11 is 0. The van der Waals surface area contributed by atoms with E-state index in [9.17, 15) is 48.1 Å². The van der Waals surface area contributed by atoms with Crippen molar-refractivity contribution in [3.05, 3.63) is 101 Å². The number of fused-ring (bicyclic) bond motifs is 2. The van der Waals surface area contributed by atoms with Crippen LogP contribution >= 0.6 is 0 Å². The van der Waals surface area contributed by atoms with Gasteiger partial charge in [0.2, 0.25) is 17.7 Å². The largest absolute Gasteiger partial charge is 0.324 e. The third kappa shape index (κ3) is 7.21. The number of halogens is 1. The van der Waals surface area contributed by atoms with Crippen molar-refractivity contribution >= 4 is 87.7 Å². The second kappa shape index (κ2) is 13.4. The number of Topliss-reactive ketones (excluding diaryl/α,β-unsaturated/α-hetero) is 1. The number of hydrogen-bond acceptors (Lipinski definition) is 14. The number of carbonyl (C=O) groups excluding carboxylic acids is 1. The second-order valence-electron chi connectivity index (χ2n) is 10.9. The Bertz CT molecular complexity index is 2690. The zero-order valence-electron chi connectivity index (χ0n) is 26.3. The van der Waals surface area contributed by atoms with Crippen molar-refractivity contribution < 1.29 is 48.1 Å². The van der Waals surface area contributed by atoms with E-state index in [0.29, 0.717) is 12.2 Å². The molecule has 0 saturated heterocycles. The normalized spacial score (nSPS) is 14.2. The number of ketones is 1. The monoisotopic (exact) mass is 769 g/mol. The van der Waals surface area contributed by atoms with Crippen LogP contribution < -0.4 is 15.6 Å². The molecule has 0 aliphatic heterocycles. The highest BCUT2D eigenvalue weighted by Gasteiger charge is 2.33. The van der Waals surface area contributed by atoms with Crippen molar-refractivity contribution in [2.75, 3.05) is 22.2 Å². The predicted molar refractivity (Wildman–Crippen MR) is 187 cm³/mol. The molecule has 5 aromatic rings. The summed E-state index contributed by atoms with van der Waals surface area (Å²) in [6.07, 6.45) is -0.187. The molecule has 0 spiro atoms. The van der Waals surface area contributed by atoms with Gasteiger partial charge in [-0.25, -0.2) is 0 Å². The summed E-state index contributed by atoms with van der Waals surface area (Å²) in [6.45, 7) is 2.19. The van der Waals surface area contributed by atoms with Gasteiger partial charge in [-0.1, -0.05) is 36.4 Å². The average Bonchev–Trinajstić information content (AvgIpc) is 3.06. The first-order chi connectivity index (χ1) is 24.5. The molecule has 4 aromatic carbocycles. The van der Waals surface area contributed by atoms with E-state index in [0.717, 1.165) is 36.4 Å². The van der Waals surface area contributed by atoms with Crippen molar-refractivity contribution in [1.29, 1.82) is 0 Å². The van der Waals surface area contributed by atoms with Crippen LogP contribution in [0.5, 0.6) is 0 Å². The van der Waals surface area contributed by atoms with Crippen LogP contribution in [0.25, 0.3) is 16.8 Å². The molecule has 0 fully saturated rings. The van der Waals surface area contributed by atoms with Crippen molar-refractivity contribution in [3.8, 4) is 0 Å². The third-order valence-corrected chi connectivity index (χ3v) is 10.3. The van der Waals surface area contributed by atoms with E-state index in [2.05, 4.69) is 30.8 Å². The number of nitrogens with one attached hydrogen (secondary N) is 2. The maximum Gasteiger partial charge on any atom is 0.315 e. The van der Waals surface area contributed by atoms with Gasteiger partial charge in [0.25, 0.3) is 30.4 Å². The Balaban J connectivity index is 1.37. The molecule has 268 valence electrons. The smallest absolute Gasteiger partial charge is 0.315 e. The molecule has 1 aliphatic rings. The third-order valence-electron chi connectivity index (χ3n) is 7.58. The van der Waals surface area contributed by atoms with E-state index in [-0.39, 0.29) is 39.5 Å². The average molecular weight is 770 g/mol. The molecule has 52 heavy (non-hydrogen) atoms. The van der Waals surface area contributed by atoms with Gasteiger partial charge in [0.15, 0.2) is 5.71 Å². The molecule has 0 radical (unpaired) electrons. The highest BCUT2D eigenvalue weighted by atomic mass is 32.2. The molecule has 1 aromatic heterocycles. The first-order valence-corrected chi connectivity index (χ1v) is 19.0. The zero-order chi connectivity index (χ0) is 37.6. The number of carbonyl (C=O) groups is 1. The Morgan fingerprint density at radius 2 is 1.54 bits per heavy atom. The molecular formula is C31H24FN7O10S3. The van der Waals surface area contributed by atoms with Gasteiger partial charge >= 0.3 is 6.08 Å². The fourth-order valence-corrected chi connectivity index (χ4v) is 7.63. The fourth-order valence-electron chi connectivity index (χ4n) is 5.42. The van der Waals surface area contributed by atoms with Crippen LogP contribution in [0.4, 0.5) is 33.3 Å². The minimum atomic E-state index is -5.17. The van der Waals surface area contributed by atoms with Gasteiger partial charge < -0.3 is 10.2 Å². The van der Waals surface area contributed by atoms with E-state index in [1.165, 1.54) is 18.2 Å². The Morgan fingerprint density at radius 1 is 0.808 bits per heavy atom. The summed E-state index contributed by atoms with van der Waals surface area (Å²) in [6, 6.07) is 18.1. The second-order valence-corrected chi connectivity index (χ2v) is 15.0. The lowest BCUT2D eigenvalue weighted by molar-refractivity contribution is 0.106. The number of aromatic nitrogens is 3. The SMILES string of the molecule is CCN(c1ccccc1)c1nc(F)nc(Nc2ccc3c(c2)C=C(S(=O)(=O)O)/C(=N\Nc2ccc4c(S(=O)(=O)O)cccc4c2S(=O)(=O)O)C3=O)n1. The van der Waals surface area contributed by atoms with Crippen molar-refractivity contribution in [1.82, 2.24) is 15.0 Å². The molecule has 6 rings (SSSR count). The van der Waals surface area contributed by atoms with E-state index in [4.69, 9.17) is 0 Å². The number of allylic oxidation sites excluding steroid dienone is 1. The molecule has 17 nitrogen and oxygen atoms in total. The molecular weight excluding hydrogens is 746 g/mol. The standard InChI is InChI=1S/C31H24FN7O10S3/c1-2-39(19-7-4-3-5-8-19)31-35-29(32)34-30(36-31)33-18-11-12-20-17(15-18)16-25(51(44,45)46)26(27(20)40)38-37-23-14-13-21-22(28(23)52(47,48)49)9-6-10-24(21)50(41,42)43/h3-16,37H,2H2,1H3,(H,41,42,43)(H,44,45,46)(H,47,48,49)(H,33,34,35,36)/b38-26+. The van der Waals surface area contributed by atoms with E-state index < -0.39 is 68.3 Å². The van der Waals surface area contributed by atoms with Gasteiger partial charge in [0.1, 0.15) is 14.7 Å². The number of benzene rings is 4. The molecule has 5 N–H and O–H groups in total. The molecule has 1 aliphatic carbocycles. The highest BCUT2D eigenvalue weighted by Crippen LogP contribution is 2.35. The quantitative estimate of drug-likeness (QED) is 0.0971. The van der Waals surface area contributed by atoms with Gasteiger partial charge in [0.05, 0.1) is 5.69 Å². The molecule has 1 heterocycles. The minimum Gasteiger partial charge on any atom is -0.324 e. The summed E-state index contributed by atoms with van der Waals surface area (Å²) < 4.78 is 118. The van der Waals surface area contributed by atoms with Gasteiger partial charge in [0, 0.05) is 34.3 Å². The summed E-state index contributed by atoms with van der Waals surface area (Å²) in [5.74, 6) is -1.28. The summed E-state index contributed by atoms with van der Waals surface area (Å²) in [4.78, 5) is 24.4. The van der Waals surface area contributed by atoms with Gasteiger partial charge in [-0.2, -0.15) is 49.7 Å². The number of anilines is 5. The van der Waals surface area contributed by atoms with Crippen LogP contribution in [0, 0.1) is 6.08 Å². The summed E-state index contributed by atoms with van der Waals surface area (Å²) in [5.41, 5.74) is 1.51. The molecule has 21 heteroatoms. The molecule has 0 unspecified atom stereocenters. The number of rotatable bonds is 10. The van der Waals surface area contributed by atoms with Gasteiger partial charge in [-0.15, -0.1) is 0 Å². The Morgan fingerprint density at radius 3 is 2.19 bits per heavy atom. The topological polar surface area (TPSA) is 259 Å². The van der Waals surface area contributed by atoms with Crippen LogP contribution in [0.1, 0.15) is 22.8 Å². The lowest BCUT2D eigenvalue weighted by Crippen LogP contribution is -2.27. The van der Waals surface area contributed by atoms with Gasteiger partial charge in [-0.05, 0) is 61.0 Å². The van der Waals surface area contributed by atoms with E-state index >= 15 is 0 Å². The van der Waals surface area contributed by atoms with Crippen molar-refractivity contribution in [2.45, 2.75) is 16.7 Å². The first kappa shape index (κ1) is 36.1. The maximum atomic E-state index is 14.5. The van der Waals surface area contributed by atoms with Crippen LogP contribution in [-0.4, -0.2) is 71.9 Å². The highest BCUT2D eigenvalue weighted by molar-refractivity contribution is 7.91. The van der Waals surface area contributed by atoms with Crippen LogP contribution in [-0.2, 0) is 30.4 Å². The predicted octanol–water partition coefficient (Wildman–Crippen LogP) is 4.45. The summed E-state index contributed by atoms with van der Waals surface area (Å²) in [7, 11) is -15.2. The maximum absolute atomic E-state index is 14.5. The van der Waals surface area contributed by atoms with Crippen molar-refractivity contribution in [3.63, 3.8) is 0 Å². The fraction of sp³-hybridized carbons (Fsp3) is 0.0645. The minimum absolute atomic E-state index is 0.0128. The van der Waals surface area contributed by atoms with Crippen LogP contribution in [0.2, 0.25) is 0 Å². The number of nitrogens with zero attached hydrogens (tertiary/aromatic N) is 5. The lowest BCUT2D eigenvalue weighted by Gasteiger charge is -2.21. The van der Waals surface area contributed by atoms with Crippen molar-refractivity contribution in [2.24, 2.45) is 5.10 Å². The molecule has 0 saturated carbocycles. The van der Waals surface area contributed by atoms with E-state index in [1.54, 1.807) is 29.2 Å². The Labute approximate surface area is 294 Å². The van der Waals surface area contributed by atoms with Crippen LogP contribution in [0.3, 0.4) is 0 Å². The lowest BCUT2D eigenvalue weighted by atomic mass is 9.94. The first-order valence-electron chi connectivity index (χ1n) is 14.7. The van der Waals surface area contributed by atoms with E-state index in [1.807, 2.05) is 13.0 Å². The summed E-state index contributed by atoms with van der Waals surface area (Å²) in [5, 5.41) is 5.88. The molecule has 0 atom stereocenters. The van der Waals surface area contributed by atoms with Gasteiger partial charge in [-0.3, -0.25) is 23.9 Å². The number of hydrogen-bond donors (Lipinski definition) is 5. The Hall–Kier alpha value is -5.71. The Kier molecular flexibility index (Phi) is 9.33. The number of para-hydroxylation sites is 1. The molecule has 0 bridgehead atoms.